The van der Waals surface area contributed by atoms with Gasteiger partial charge in [0.25, 0.3) is 0 Å². The van der Waals surface area contributed by atoms with Crippen LogP contribution in [0.4, 0.5) is 0 Å². The van der Waals surface area contributed by atoms with Gasteiger partial charge in [-0.2, -0.15) is 11.8 Å². The quantitative estimate of drug-likeness (QED) is 0.722. The van der Waals surface area contributed by atoms with Crippen LogP contribution in [0.15, 0.2) is 18.2 Å². The lowest BCUT2D eigenvalue weighted by Gasteiger charge is -2.24. The monoisotopic (exact) mass is 234 g/mol. The first-order valence-corrected chi connectivity index (χ1v) is 5.97. The fraction of sp³-hybridized carbons (Fsp3) is 0.400. The second-order valence-corrected chi connectivity index (χ2v) is 5.53. The Labute approximate surface area is 93.6 Å². The second kappa shape index (κ2) is 4.12. The van der Waals surface area contributed by atoms with E-state index in [-0.39, 0.29) is 4.75 Å². The molecule has 0 saturated heterocycles. The Morgan fingerprint density at radius 3 is 2.38 bits per heavy atom. The highest BCUT2D eigenvalue weighted by Crippen LogP contribution is 2.40. The summed E-state index contributed by atoms with van der Waals surface area (Å²) in [6, 6.07) is 5.76. The predicted molar refractivity (Wildman–Crippen MR) is 63.0 cm³/mol. The Hall–Kier alpha value is 0.150. The molecule has 1 rings (SSSR count). The number of hydrogen-bond donors (Lipinski definition) is 0. The molecule has 3 heteroatoms. The Kier molecular flexibility index (Phi) is 3.56. The molecule has 1 aromatic carbocycles. The third kappa shape index (κ3) is 2.34. The minimum atomic E-state index is 0.0159. The fourth-order valence-electron chi connectivity index (χ4n) is 1.08. The summed E-state index contributed by atoms with van der Waals surface area (Å²) in [4.78, 5) is 0. The smallest absolute Gasteiger partial charge is 0.0638 e. The van der Waals surface area contributed by atoms with E-state index in [4.69, 9.17) is 23.2 Å². The molecule has 0 heterocycles. The lowest BCUT2D eigenvalue weighted by molar-refractivity contribution is 0.786. The number of halogens is 2. The van der Waals surface area contributed by atoms with E-state index in [1.165, 1.54) is 0 Å². The van der Waals surface area contributed by atoms with Crippen LogP contribution in [-0.4, -0.2) is 6.26 Å². The summed E-state index contributed by atoms with van der Waals surface area (Å²) in [7, 11) is 0. The van der Waals surface area contributed by atoms with Gasteiger partial charge in [0, 0.05) is 4.75 Å². The molecule has 0 aromatic heterocycles. The minimum Gasteiger partial charge on any atom is -0.154 e. The summed E-state index contributed by atoms with van der Waals surface area (Å²) in [5.74, 6) is 0. The molecule has 0 spiro atoms. The molecule has 72 valence electrons. The molecule has 0 saturated carbocycles. The number of thioether (sulfide) groups is 1. The molecule has 0 radical (unpaired) electrons. The molecule has 0 aliphatic rings. The first-order chi connectivity index (χ1) is 5.99. The Balaban J connectivity index is 3.22. The van der Waals surface area contributed by atoms with Crippen molar-refractivity contribution in [1.29, 1.82) is 0 Å². The van der Waals surface area contributed by atoms with Gasteiger partial charge in [0.2, 0.25) is 0 Å². The standard InChI is InChI=1S/C10H12Cl2S/c1-10(2,13-3)7-5-4-6-8(11)9(7)12/h4-6H,1-3H3. The summed E-state index contributed by atoms with van der Waals surface area (Å²) in [6.07, 6.45) is 2.07. The van der Waals surface area contributed by atoms with Crippen LogP contribution in [0.25, 0.3) is 0 Å². The van der Waals surface area contributed by atoms with Crippen molar-refractivity contribution in [2.45, 2.75) is 18.6 Å². The van der Waals surface area contributed by atoms with Gasteiger partial charge in [-0.25, -0.2) is 0 Å². The molecule has 0 N–H and O–H groups in total. The number of rotatable bonds is 2. The molecule has 0 bridgehead atoms. The van der Waals surface area contributed by atoms with Crippen molar-refractivity contribution < 1.29 is 0 Å². The summed E-state index contributed by atoms with van der Waals surface area (Å²) < 4.78 is 0.0159. The van der Waals surface area contributed by atoms with E-state index in [1.54, 1.807) is 11.8 Å². The van der Waals surface area contributed by atoms with Gasteiger partial charge in [-0.15, -0.1) is 0 Å². The van der Waals surface area contributed by atoms with Gasteiger partial charge in [-0.1, -0.05) is 35.3 Å². The van der Waals surface area contributed by atoms with Gasteiger partial charge in [-0.05, 0) is 31.7 Å². The summed E-state index contributed by atoms with van der Waals surface area (Å²) in [5.41, 5.74) is 1.09. The lowest BCUT2D eigenvalue weighted by atomic mass is 10.0. The zero-order chi connectivity index (χ0) is 10.1. The van der Waals surface area contributed by atoms with E-state index >= 15 is 0 Å². The molecule has 0 aliphatic carbocycles. The second-order valence-electron chi connectivity index (χ2n) is 3.32. The molecule has 0 amide bonds. The van der Waals surface area contributed by atoms with E-state index in [2.05, 4.69) is 20.1 Å². The fourth-order valence-corrected chi connectivity index (χ4v) is 2.06. The number of benzene rings is 1. The predicted octanol–water partition coefficient (Wildman–Crippen LogP) is 4.59. The molecule has 0 unspecified atom stereocenters. The number of hydrogen-bond acceptors (Lipinski definition) is 1. The van der Waals surface area contributed by atoms with Crippen molar-refractivity contribution in [3.63, 3.8) is 0 Å². The van der Waals surface area contributed by atoms with Crippen LogP contribution < -0.4 is 0 Å². The summed E-state index contributed by atoms with van der Waals surface area (Å²) in [5, 5.41) is 1.30. The third-order valence-electron chi connectivity index (χ3n) is 2.11. The highest BCUT2D eigenvalue weighted by Gasteiger charge is 2.22. The Morgan fingerprint density at radius 2 is 1.85 bits per heavy atom. The van der Waals surface area contributed by atoms with Gasteiger partial charge in [0.15, 0.2) is 0 Å². The van der Waals surface area contributed by atoms with E-state index < -0.39 is 0 Å². The van der Waals surface area contributed by atoms with Crippen molar-refractivity contribution >= 4 is 35.0 Å². The van der Waals surface area contributed by atoms with Crippen molar-refractivity contribution in [1.82, 2.24) is 0 Å². The molecule has 0 atom stereocenters. The maximum Gasteiger partial charge on any atom is 0.0638 e. The van der Waals surface area contributed by atoms with Crippen molar-refractivity contribution in [3.05, 3.63) is 33.8 Å². The average molecular weight is 235 g/mol. The van der Waals surface area contributed by atoms with Gasteiger partial charge < -0.3 is 0 Å². The molecule has 0 fully saturated rings. The SMILES string of the molecule is CSC(C)(C)c1cccc(Cl)c1Cl. The van der Waals surface area contributed by atoms with E-state index in [0.29, 0.717) is 10.0 Å². The molecular formula is C10H12Cl2S. The topological polar surface area (TPSA) is 0 Å². The highest BCUT2D eigenvalue weighted by atomic mass is 35.5. The largest absolute Gasteiger partial charge is 0.154 e. The van der Waals surface area contributed by atoms with E-state index in [0.717, 1.165) is 5.56 Å². The maximum atomic E-state index is 6.11. The first kappa shape index (κ1) is 11.2. The Morgan fingerprint density at radius 1 is 1.23 bits per heavy atom. The molecule has 0 aliphatic heterocycles. The van der Waals surface area contributed by atoms with Crippen LogP contribution in [0.3, 0.4) is 0 Å². The van der Waals surface area contributed by atoms with Gasteiger partial charge >= 0.3 is 0 Å². The molecule has 0 nitrogen and oxygen atoms in total. The van der Waals surface area contributed by atoms with Crippen LogP contribution >= 0.6 is 35.0 Å². The van der Waals surface area contributed by atoms with Crippen LogP contribution in [0, 0.1) is 0 Å². The molecule has 13 heavy (non-hydrogen) atoms. The summed E-state index contributed by atoms with van der Waals surface area (Å²) in [6.45, 7) is 4.27. The van der Waals surface area contributed by atoms with Gasteiger partial charge in [0.05, 0.1) is 10.0 Å². The average Bonchev–Trinajstić information content (AvgIpc) is 2.09. The minimum absolute atomic E-state index is 0.0159. The van der Waals surface area contributed by atoms with Crippen LogP contribution in [-0.2, 0) is 4.75 Å². The van der Waals surface area contributed by atoms with Crippen molar-refractivity contribution in [2.24, 2.45) is 0 Å². The van der Waals surface area contributed by atoms with E-state index in [1.807, 2.05) is 18.2 Å². The van der Waals surface area contributed by atoms with Crippen molar-refractivity contribution in [3.8, 4) is 0 Å². The summed E-state index contributed by atoms with van der Waals surface area (Å²) >= 11 is 13.8. The zero-order valence-corrected chi connectivity index (χ0v) is 10.2. The van der Waals surface area contributed by atoms with E-state index in [9.17, 15) is 0 Å². The lowest BCUT2D eigenvalue weighted by Crippen LogP contribution is -2.11. The van der Waals surface area contributed by atoms with Gasteiger partial charge in [-0.3, -0.25) is 0 Å². The first-order valence-electron chi connectivity index (χ1n) is 3.98. The van der Waals surface area contributed by atoms with Crippen LogP contribution in [0.5, 0.6) is 0 Å². The van der Waals surface area contributed by atoms with Crippen LogP contribution in [0.2, 0.25) is 10.0 Å². The Bertz CT molecular complexity index is 308. The van der Waals surface area contributed by atoms with Gasteiger partial charge in [0.1, 0.15) is 0 Å². The zero-order valence-electron chi connectivity index (χ0n) is 7.90. The third-order valence-corrected chi connectivity index (χ3v) is 4.17. The molecule has 1 aromatic rings. The van der Waals surface area contributed by atoms with Crippen LogP contribution in [0.1, 0.15) is 19.4 Å². The molecular weight excluding hydrogens is 223 g/mol. The van der Waals surface area contributed by atoms with Crippen molar-refractivity contribution in [2.75, 3.05) is 6.26 Å². The highest BCUT2D eigenvalue weighted by molar-refractivity contribution is 7.99. The maximum absolute atomic E-state index is 6.11. The normalized spacial score (nSPS) is 11.8.